The fourth-order valence-corrected chi connectivity index (χ4v) is 3.19. The molecule has 1 unspecified atom stereocenters. The van der Waals surface area contributed by atoms with Crippen LogP contribution in [0.1, 0.15) is 22.0 Å². The molecule has 1 amide bonds. The van der Waals surface area contributed by atoms with E-state index in [9.17, 15) is 4.79 Å². The molecule has 0 bridgehead atoms. The maximum absolute atomic E-state index is 12.9. The third-order valence-corrected chi connectivity index (χ3v) is 4.56. The molecule has 22 heavy (non-hydrogen) atoms. The van der Waals surface area contributed by atoms with Gasteiger partial charge in [-0.05, 0) is 29.8 Å². The van der Waals surface area contributed by atoms with E-state index in [1.165, 1.54) is 0 Å². The molecule has 0 radical (unpaired) electrons. The van der Waals surface area contributed by atoms with Gasteiger partial charge in [-0.1, -0.05) is 33.6 Å². The highest BCUT2D eigenvalue weighted by atomic mass is 79.9. The Bertz CT molecular complexity index is 680. The summed E-state index contributed by atoms with van der Waals surface area (Å²) >= 11 is 9.60. The summed E-state index contributed by atoms with van der Waals surface area (Å²) in [6.45, 7) is 2.12. The predicted molar refractivity (Wildman–Crippen MR) is 90.0 cm³/mol. The van der Waals surface area contributed by atoms with Crippen LogP contribution >= 0.6 is 27.5 Å². The molecule has 0 saturated carbocycles. The second kappa shape index (κ2) is 6.77. The minimum absolute atomic E-state index is 0.0370. The van der Waals surface area contributed by atoms with Crippen LogP contribution in [0.4, 0.5) is 0 Å². The molecule has 3 rings (SSSR count). The lowest BCUT2D eigenvalue weighted by Crippen LogP contribution is -2.48. The lowest BCUT2D eigenvalue weighted by Gasteiger charge is -2.36. The monoisotopic (exact) mass is 379 g/mol. The first-order valence-electron chi connectivity index (χ1n) is 7.03. The van der Waals surface area contributed by atoms with Crippen LogP contribution in [-0.2, 0) is 0 Å². The summed E-state index contributed by atoms with van der Waals surface area (Å²) in [6, 6.07) is 9.18. The number of carbonyl (C=O) groups excluding carboxylic acids is 1. The van der Waals surface area contributed by atoms with Crippen molar-refractivity contribution in [3.05, 3.63) is 63.3 Å². The summed E-state index contributed by atoms with van der Waals surface area (Å²) in [5.74, 6) is -0.0540. The van der Waals surface area contributed by atoms with Gasteiger partial charge < -0.3 is 10.2 Å². The van der Waals surface area contributed by atoms with Crippen molar-refractivity contribution in [2.45, 2.75) is 6.04 Å². The molecule has 1 aromatic carbocycles. The van der Waals surface area contributed by atoms with Gasteiger partial charge in [-0.2, -0.15) is 0 Å². The number of nitrogens with one attached hydrogen (secondary N) is 1. The molecule has 1 aliphatic rings. The molecule has 2 aromatic rings. The maximum Gasteiger partial charge on any atom is 0.256 e. The van der Waals surface area contributed by atoms with E-state index in [1.54, 1.807) is 24.5 Å². The van der Waals surface area contributed by atoms with Crippen LogP contribution in [0.15, 0.2) is 47.2 Å². The molecule has 1 aliphatic heterocycles. The second-order valence-electron chi connectivity index (χ2n) is 5.13. The number of hydrogen-bond donors (Lipinski definition) is 1. The van der Waals surface area contributed by atoms with Gasteiger partial charge in [0, 0.05) is 36.5 Å². The lowest BCUT2D eigenvalue weighted by molar-refractivity contribution is 0.0634. The van der Waals surface area contributed by atoms with E-state index in [0.717, 1.165) is 16.6 Å². The van der Waals surface area contributed by atoms with E-state index < -0.39 is 0 Å². The third-order valence-electron chi connectivity index (χ3n) is 3.73. The SMILES string of the molecule is O=C(c1cc(Br)ccc1Cl)N1CCNCC1c1cccnc1. The van der Waals surface area contributed by atoms with Gasteiger partial charge >= 0.3 is 0 Å². The van der Waals surface area contributed by atoms with Gasteiger partial charge in [-0.25, -0.2) is 0 Å². The minimum atomic E-state index is -0.0540. The maximum atomic E-state index is 12.9. The first kappa shape index (κ1) is 15.5. The van der Waals surface area contributed by atoms with Crippen molar-refractivity contribution < 1.29 is 4.79 Å². The zero-order valence-corrected chi connectivity index (χ0v) is 14.1. The Morgan fingerprint density at radius 2 is 2.27 bits per heavy atom. The van der Waals surface area contributed by atoms with E-state index in [4.69, 9.17) is 11.6 Å². The highest BCUT2D eigenvalue weighted by molar-refractivity contribution is 9.10. The number of hydrogen-bond acceptors (Lipinski definition) is 3. The number of rotatable bonds is 2. The molecular weight excluding hydrogens is 366 g/mol. The van der Waals surface area contributed by atoms with Gasteiger partial charge in [0.1, 0.15) is 0 Å². The van der Waals surface area contributed by atoms with Crippen LogP contribution in [0.5, 0.6) is 0 Å². The van der Waals surface area contributed by atoms with Crippen LogP contribution in [0, 0.1) is 0 Å². The Balaban J connectivity index is 1.93. The Morgan fingerprint density at radius 3 is 3.05 bits per heavy atom. The number of nitrogens with zero attached hydrogens (tertiary/aromatic N) is 2. The van der Waals surface area contributed by atoms with Crippen molar-refractivity contribution in [1.29, 1.82) is 0 Å². The Hall–Kier alpha value is -1.43. The molecule has 1 atom stereocenters. The number of pyridine rings is 1. The van der Waals surface area contributed by atoms with Crippen LogP contribution in [0.25, 0.3) is 0 Å². The van der Waals surface area contributed by atoms with Crippen LogP contribution in [0.3, 0.4) is 0 Å². The third kappa shape index (κ3) is 3.16. The number of aromatic nitrogens is 1. The van der Waals surface area contributed by atoms with Crippen molar-refractivity contribution in [2.75, 3.05) is 19.6 Å². The van der Waals surface area contributed by atoms with Crippen molar-refractivity contribution in [3.8, 4) is 0 Å². The number of halogens is 2. The van der Waals surface area contributed by atoms with Gasteiger partial charge in [0.2, 0.25) is 0 Å². The molecule has 1 aromatic heterocycles. The standard InChI is InChI=1S/C16H15BrClN3O/c17-12-3-4-14(18)13(8-12)16(22)21-7-6-20-10-15(21)11-2-1-5-19-9-11/h1-5,8-9,15,20H,6-7,10H2. The Morgan fingerprint density at radius 1 is 1.41 bits per heavy atom. The average Bonchev–Trinajstić information content (AvgIpc) is 2.57. The number of carbonyl (C=O) groups is 1. The summed E-state index contributed by atoms with van der Waals surface area (Å²) in [5, 5.41) is 3.80. The molecular formula is C16H15BrClN3O. The normalized spacial score (nSPS) is 18.3. The zero-order chi connectivity index (χ0) is 15.5. The van der Waals surface area contributed by atoms with Crippen LogP contribution < -0.4 is 5.32 Å². The van der Waals surface area contributed by atoms with Gasteiger partial charge in [0.05, 0.1) is 16.6 Å². The van der Waals surface area contributed by atoms with Crippen molar-refractivity contribution >= 4 is 33.4 Å². The highest BCUT2D eigenvalue weighted by Gasteiger charge is 2.29. The fourth-order valence-electron chi connectivity index (χ4n) is 2.63. The topological polar surface area (TPSA) is 45.2 Å². The quantitative estimate of drug-likeness (QED) is 0.869. The average molecular weight is 381 g/mol. The molecule has 6 heteroatoms. The van der Waals surface area contributed by atoms with E-state index in [2.05, 4.69) is 26.2 Å². The zero-order valence-electron chi connectivity index (χ0n) is 11.8. The summed E-state index contributed by atoms with van der Waals surface area (Å²) in [7, 11) is 0. The molecule has 0 spiro atoms. The lowest BCUT2D eigenvalue weighted by atomic mass is 10.0. The summed E-state index contributed by atoms with van der Waals surface area (Å²) < 4.78 is 0.841. The predicted octanol–water partition coefficient (Wildman–Crippen LogP) is 3.28. The van der Waals surface area contributed by atoms with Gasteiger partial charge in [-0.15, -0.1) is 0 Å². The van der Waals surface area contributed by atoms with Crippen LogP contribution in [0.2, 0.25) is 5.02 Å². The van der Waals surface area contributed by atoms with Crippen molar-refractivity contribution in [1.82, 2.24) is 15.2 Å². The number of benzene rings is 1. The molecule has 4 nitrogen and oxygen atoms in total. The van der Waals surface area contributed by atoms with E-state index in [-0.39, 0.29) is 11.9 Å². The van der Waals surface area contributed by atoms with Gasteiger partial charge in [0.15, 0.2) is 0 Å². The largest absolute Gasteiger partial charge is 0.329 e. The Kier molecular flexibility index (Phi) is 4.76. The van der Waals surface area contributed by atoms with Crippen LogP contribution in [-0.4, -0.2) is 35.4 Å². The first-order chi connectivity index (χ1) is 10.7. The molecule has 1 saturated heterocycles. The fraction of sp³-hybridized carbons (Fsp3) is 0.250. The van der Waals surface area contributed by atoms with Gasteiger partial charge in [-0.3, -0.25) is 9.78 Å². The van der Waals surface area contributed by atoms with Crippen molar-refractivity contribution in [3.63, 3.8) is 0 Å². The molecule has 1 fully saturated rings. The molecule has 0 aliphatic carbocycles. The van der Waals surface area contributed by atoms with Gasteiger partial charge in [0.25, 0.3) is 5.91 Å². The van der Waals surface area contributed by atoms with E-state index in [1.807, 2.05) is 23.1 Å². The van der Waals surface area contributed by atoms with E-state index in [0.29, 0.717) is 23.7 Å². The summed E-state index contributed by atoms with van der Waals surface area (Å²) in [5.41, 5.74) is 1.54. The molecule has 114 valence electrons. The molecule has 1 N–H and O–H groups in total. The molecule has 2 heterocycles. The number of amides is 1. The Labute approximate surface area is 142 Å². The minimum Gasteiger partial charge on any atom is -0.329 e. The van der Waals surface area contributed by atoms with Crippen molar-refractivity contribution in [2.24, 2.45) is 0 Å². The van der Waals surface area contributed by atoms with E-state index >= 15 is 0 Å². The second-order valence-corrected chi connectivity index (χ2v) is 6.45. The number of piperazine rings is 1. The summed E-state index contributed by atoms with van der Waals surface area (Å²) in [6.07, 6.45) is 3.54. The highest BCUT2D eigenvalue weighted by Crippen LogP contribution is 2.27. The smallest absolute Gasteiger partial charge is 0.256 e. The summed E-state index contributed by atoms with van der Waals surface area (Å²) in [4.78, 5) is 18.9. The first-order valence-corrected chi connectivity index (χ1v) is 8.20.